The van der Waals surface area contributed by atoms with E-state index >= 15 is 4.39 Å². The smallest absolute Gasteiger partial charge is 0.496 e. The zero-order valence-corrected chi connectivity index (χ0v) is 26.2. The van der Waals surface area contributed by atoms with Crippen LogP contribution in [0.4, 0.5) is 23.2 Å². The maximum Gasteiger partial charge on any atom is 0.501 e. The first-order valence-corrected chi connectivity index (χ1v) is 16.7. The largest absolute Gasteiger partial charge is 0.501 e. The van der Waals surface area contributed by atoms with Gasteiger partial charge in [0.05, 0.1) is 47.7 Å². The number of aliphatic carboxylic acids is 1. The maximum atomic E-state index is 15.0. The van der Waals surface area contributed by atoms with E-state index in [1.165, 1.54) is 19.2 Å². The van der Waals surface area contributed by atoms with Crippen LogP contribution in [0.1, 0.15) is 42.5 Å². The molecule has 17 heteroatoms. The van der Waals surface area contributed by atoms with E-state index in [1.54, 1.807) is 0 Å². The van der Waals surface area contributed by atoms with Crippen LogP contribution in [-0.2, 0) is 28.9 Å². The first kappa shape index (κ1) is 33.9. The predicted molar refractivity (Wildman–Crippen MR) is 156 cm³/mol. The highest BCUT2D eigenvalue weighted by Gasteiger charge is 2.63. The van der Waals surface area contributed by atoms with E-state index in [4.69, 9.17) is 18.9 Å². The monoisotopic (exact) mass is 700 g/mol. The number of hydrogen-bond acceptors (Lipinski definition) is 9. The van der Waals surface area contributed by atoms with Crippen LogP contribution in [0, 0.1) is 29.5 Å². The second-order valence-electron chi connectivity index (χ2n) is 12.3. The molecule has 2 bridgehead atoms. The lowest BCUT2D eigenvalue weighted by Crippen LogP contribution is -2.55. The topological polar surface area (TPSA) is 167 Å². The Morgan fingerprint density at radius 2 is 1.67 bits per heavy atom. The van der Waals surface area contributed by atoms with Crippen LogP contribution in [0.5, 0.6) is 11.5 Å². The zero-order valence-electron chi connectivity index (χ0n) is 25.4. The van der Waals surface area contributed by atoms with Crippen molar-refractivity contribution in [3.05, 3.63) is 47.8 Å². The van der Waals surface area contributed by atoms with Crippen LogP contribution in [-0.4, -0.2) is 75.1 Å². The molecule has 2 aromatic rings. The van der Waals surface area contributed by atoms with Gasteiger partial charge in [0.2, 0.25) is 5.91 Å². The van der Waals surface area contributed by atoms with E-state index in [-0.39, 0.29) is 29.5 Å². The molecule has 48 heavy (non-hydrogen) atoms. The summed E-state index contributed by atoms with van der Waals surface area (Å²) in [6, 6.07) is 5.09. The first-order valence-electron chi connectivity index (χ1n) is 15.2. The fourth-order valence-corrected chi connectivity index (χ4v) is 8.21. The van der Waals surface area contributed by atoms with Gasteiger partial charge in [0, 0.05) is 29.6 Å². The van der Waals surface area contributed by atoms with E-state index < -0.39 is 91.9 Å². The number of amides is 2. The maximum absolute atomic E-state index is 15.0. The van der Waals surface area contributed by atoms with Gasteiger partial charge in [-0.2, -0.15) is 13.2 Å². The van der Waals surface area contributed by atoms with E-state index in [9.17, 15) is 41.1 Å². The number of carbonyl (C=O) groups excluding carboxylic acids is 2. The first-order chi connectivity index (χ1) is 22.7. The normalized spacial score (nSPS) is 29.6. The number of carboxylic acid groups (broad SMARTS) is 1. The number of sulfone groups is 1. The molecule has 4 aliphatic rings. The van der Waals surface area contributed by atoms with Gasteiger partial charge < -0.3 is 34.7 Å². The fourth-order valence-electron chi connectivity index (χ4n) is 7.40. The highest BCUT2D eigenvalue weighted by Crippen LogP contribution is 2.53. The highest BCUT2D eigenvalue weighted by atomic mass is 32.2. The van der Waals surface area contributed by atoms with Crippen LogP contribution in [0.25, 0.3) is 0 Å². The summed E-state index contributed by atoms with van der Waals surface area (Å²) in [7, 11) is -4.43. The number of halogens is 4. The summed E-state index contributed by atoms with van der Waals surface area (Å²) in [6.45, 7) is -0.0322. The minimum absolute atomic E-state index is 0.0322. The summed E-state index contributed by atoms with van der Waals surface area (Å²) in [5, 5.41) is 14.6. The molecule has 4 fully saturated rings. The van der Waals surface area contributed by atoms with Crippen molar-refractivity contribution in [2.45, 2.75) is 66.9 Å². The van der Waals surface area contributed by atoms with Crippen molar-refractivity contribution in [1.82, 2.24) is 5.32 Å². The van der Waals surface area contributed by atoms with Gasteiger partial charge in [-0.25, -0.2) is 12.8 Å². The zero-order chi connectivity index (χ0) is 34.5. The quantitative estimate of drug-likeness (QED) is 0.327. The van der Waals surface area contributed by atoms with Crippen molar-refractivity contribution in [1.29, 1.82) is 0 Å². The molecule has 3 saturated carbocycles. The Balaban J connectivity index is 1.23. The Hall–Kier alpha value is -3.96. The number of benzene rings is 2. The Bertz CT molecular complexity index is 1710. The Morgan fingerprint density at radius 3 is 2.31 bits per heavy atom. The molecule has 1 aliphatic heterocycles. The van der Waals surface area contributed by atoms with Gasteiger partial charge in [0.25, 0.3) is 15.7 Å². The number of nitrogens with one attached hydrogen (secondary N) is 2. The van der Waals surface area contributed by atoms with Crippen molar-refractivity contribution < 1.29 is 64.4 Å². The third-order valence-corrected chi connectivity index (χ3v) is 11.2. The van der Waals surface area contributed by atoms with E-state index in [2.05, 4.69) is 10.6 Å². The molecule has 1 saturated heterocycles. The number of alkyl halides is 3. The molecule has 260 valence electrons. The van der Waals surface area contributed by atoms with E-state index in [0.29, 0.717) is 38.2 Å². The number of ether oxygens (including phenoxy) is 4. The lowest BCUT2D eigenvalue weighted by Gasteiger charge is -2.36. The number of carboxylic acids is 1. The van der Waals surface area contributed by atoms with Gasteiger partial charge in [-0.3, -0.25) is 14.4 Å². The number of methoxy groups -OCH3 is 1. The standard InChI is InChI=1S/C31H32F4N2O10S/c1-44-22-12-21(32)23(47-16-7-5-14(6-8-16)30(40)41)11-18(22)28(38)37-25-20-10-19(26-27(20)46-13-45-26)24(25)29(39)36-15-3-2-4-17(9-15)48(42,43)31(33,34)35/h2-4,9,11-12,14,16,19-20,24-27H,5-8,10,13H2,1H3,(H,36,39)(H,37,38)(H,40,41)/t14?,16?,19-,20+,24+,25-,26-,27+/m1/s1. The van der Waals surface area contributed by atoms with E-state index in [0.717, 1.165) is 18.2 Å². The number of anilines is 1. The molecule has 0 aromatic heterocycles. The molecule has 2 aromatic carbocycles. The molecule has 6 atom stereocenters. The molecule has 0 radical (unpaired) electrons. The average molecular weight is 701 g/mol. The molecule has 12 nitrogen and oxygen atoms in total. The van der Waals surface area contributed by atoms with Crippen molar-refractivity contribution in [2.75, 3.05) is 19.2 Å². The van der Waals surface area contributed by atoms with Crippen LogP contribution < -0.4 is 20.1 Å². The summed E-state index contributed by atoms with van der Waals surface area (Å²) in [5.74, 6) is -5.78. The number of fused-ring (bicyclic) bond motifs is 5. The van der Waals surface area contributed by atoms with Crippen molar-refractivity contribution >= 4 is 33.3 Å². The van der Waals surface area contributed by atoms with Gasteiger partial charge >= 0.3 is 11.5 Å². The minimum atomic E-state index is -5.68. The third-order valence-electron chi connectivity index (χ3n) is 9.68. The molecule has 1 heterocycles. The third kappa shape index (κ3) is 6.18. The summed E-state index contributed by atoms with van der Waals surface area (Å²) >= 11 is 0. The summed E-state index contributed by atoms with van der Waals surface area (Å²) in [6.07, 6.45) is 0.480. The fraction of sp³-hybridized carbons (Fsp3) is 0.516. The Morgan fingerprint density at radius 1 is 0.979 bits per heavy atom. The number of carbonyl (C=O) groups is 3. The predicted octanol–water partition coefficient (Wildman–Crippen LogP) is 3.89. The van der Waals surface area contributed by atoms with Crippen molar-refractivity contribution in [3.63, 3.8) is 0 Å². The molecule has 0 spiro atoms. The highest BCUT2D eigenvalue weighted by molar-refractivity contribution is 7.92. The second kappa shape index (κ2) is 12.8. The SMILES string of the molecule is COc1cc(F)c(OC2CCC(C(=O)O)CC2)cc1C(=O)N[C@@H]1[C@@H]2C[C@@H]([C@H]3OCO[C@@H]23)[C@@H]1C(=O)Nc1cccc(S(=O)(=O)C(F)(F)F)c1. The van der Waals surface area contributed by atoms with Gasteiger partial charge in [-0.1, -0.05) is 6.07 Å². The molecule has 0 unspecified atom stereocenters. The lowest BCUT2D eigenvalue weighted by molar-refractivity contribution is -0.143. The Kier molecular flexibility index (Phi) is 9.06. The molecular formula is C31H32F4N2O10S. The lowest BCUT2D eigenvalue weighted by atomic mass is 9.80. The van der Waals surface area contributed by atoms with Crippen LogP contribution in [0.3, 0.4) is 0 Å². The molecule has 3 aliphatic carbocycles. The molecule has 3 N–H and O–H groups in total. The van der Waals surface area contributed by atoms with Crippen LogP contribution >= 0.6 is 0 Å². The molecule has 2 amide bonds. The van der Waals surface area contributed by atoms with Gasteiger partial charge in [-0.15, -0.1) is 0 Å². The summed E-state index contributed by atoms with van der Waals surface area (Å²) < 4.78 is 101. The van der Waals surface area contributed by atoms with Gasteiger partial charge in [-0.05, 0) is 56.4 Å². The van der Waals surface area contributed by atoms with Crippen LogP contribution in [0.15, 0.2) is 41.3 Å². The average Bonchev–Trinajstić information content (AvgIpc) is 3.75. The summed E-state index contributed by atoms with van der Waals surface area (Å²) in [5.41, 5.74) is -5.84. The van der Waals surface area contributed by atoms with E-state index in [1.807, 2.05) is 0 Å². The molecular weight excluding hydrogens is 668 g/mol. The summed E-state index contributed by atoms with van der Waals surface area (Å²) in [4.78, 5) is 37.8. The minimum Gasteiger partial charge on any atom is -0.496 e. The number of hydrogen-bond donors (Lipinski definition) is 3. The molecule has 6 rings (SSSR count). The van der Waals surface area contributed by atoms with Gasteiger partial charge in [0.15, 0.2) is 11.6 Å². The Labute approximate surface area is 272 Å². The van der Waals surface area contributed by atoms with Crippen molar-refractivity contribution in [2.24, 2.45) is 23.7 Å². The number of rotatable bonds is 9. The second-order valence-corrected chi connectivity index (χ2v) is 14.3. The van der Waals surface area contributed by atoms with Crippen LogP contribution in [0.2, 0.25) is 0 Å². The van der Waals surface area contributed by atoms with Gasteiger partial charge in [0.1, 0.15) is 12.5 Å². The van der Waals surface area contributed by atoms with Crippen molar-refractivity contribution in [3.8, 4) is 11.5 Å².